The minimum absolute atomic E-state index is 0.0837. The van der Waals surface area contributed by atoms with Gasteiger partial charge in [0.1, 0.15) is 0 Å². The van der Waals surface area contributed by atoms with Gasteiger partial charge in [0.25, 0.3) is 0 Å². The Bertz CT molecular complexity index is 393. The van der Waals surface area contributed by atoms with Crippen LogP contribution in [-0.2, 0) is 6.42 Å². The van der Waals surface area contributed by atoms with Gasteiger partial charge in [-0.15, -0.1) is 0 Å². The molecule has 1 fully saturated rings. The van der Waals surface area contributed by atoms with Crippen LogP contribution in [0.2, 0.25) is 0 Å². The highest BCUT2D eigenvalue weighted by Gasteiger charge is 2.25. The van der Waals surface area contributed by atoms with Crippen LogP contribution in [0.25, 0.3) is 0 Å². The minimum Gasteiger partial charge on any atom is -0.409 e. The molecule has 0 spiro atoms. The number of likely N-dealkylation sites (tertiary alicyclic amines) is 1. The molecule has 5 heteroatoms. The van der Waals surface area contributed by atoms with E-state index in [1.807, 2.05) is 12.3 Å². The van der Waals surface area contributed by atoms with E-state index in [1.165, 1.54) is 12.0 Å². The summed E-state index contributed by atoms with van der Waals surface area (Å²) in [6, 6.07) is 4.11. The maximum atomic E-state index is 8.82. The average molecular weight is 248 g/mol. The summed E-state index contributed by atoms with van der Waals surface area (Å²) < 4.78 is 0. The summed E-state index contributed by atoms with van der Waals surface area (Å²) in [5.41, 5.74) is 6.98. The monoisotopic (exact) mass is 248 g/mol. The molecular formula is C13H20N4O. The second-order valence-electron chi connectivity index (χ2n) is 4.68. The number of pyridine rings is 1. The first-order chi connectivity index (χ1) is 8.81. The van der Waals surface area contributed by atoms with Gasteiger partial charge in [-0.2, -0.15) is 0 Å². The molecule has 5 nitrogen and oxygen atoms in total. The molecule has 18 heavy (non-hydrogen) atoms. The van der Waals surface area contributed by atoms with Crippen LogP contribution in [0, 0.1) is 0 Å². The van der Waals surface area contributed by atoms with Crippen molar-refractivity contribution in [2.75, 3.05) is 13.1 Å². The lowest BCUT2D eigenvalue weighted by Crippen LogP contribution is -2.48. The molecule has 1 aromatic rings. The number of aromatic nitrogens is 1. The minimum atomic E-state index is 0.0837. The molecule has 0 bridgehead atoms. The molecule has 0 saturated carbocycles. The molecule has 0 amide bonds. The second kappa shape index (κ2) is 6.35. The number of nitrogens with two attached hydrogens (primary N) is 1. The van der Waals surface area contributed by atoms with Crippen LogP contribution in [0.3, 0.4) is 0 Å². The largest absolute Gasteiger partial charge is 0.409 e. The number of amidine groups is 1. The van der Waals surface area contributed by atoms with E-state index >= 15 is 0 Å². The lowest BCUT2D eigenvalue weighted by Gasteiger charge is -2.34. The Morgan fingerprint density at radius 1 is 1.56 bits per heavy atom. The van der Waals surface area contributed by atoms with Gasteiger partial charge in [0, 0.05) is 18.9 Å². The van der Waals surface area contributed by atoms with Crippen LogP contribution in [-0.4, -0.2) is 40.1 Å². The summed E-state index contributed by atoms with van der Waals surface area (Å²) in [4.78, 5) is 6.41. The Hall–Kier alpha value is -1.62. The van der Waals surface area contributed by atoms with Crippen molar-refractivity contribution in [3.63, 3.8) is 0 Å². The van der Waals surface area contributed by atoms with Crippen molar-refractivity contribution in [2.45, 2.75) is 31.7 Å². The molecule has 1 aliphatic rings. The zero-order chi connectivity index (χ0) is 12.8. The highest BCUT2D eigenvalue weighted by molar-refractivity contribution is 5.85. The topological polar surface area (TPSA) is 74.7 Å². The lowest BCUT2D eigenvalue weighted by atomic mass is 10.0. The maximum absolute atomic E-state index is 8.82. The molecule has 98 valence electrons. The van der Waals surface area contributed by atoms with Crippen molar-refractivity contribution in [1.29, 1.82) is 0 Å². The summed E-state index contributed by atoms with van der Waals surface area (Å²) in [6.07, 6.45) is 7.92. The maximum Gasteiger partial charge on any atom is 0.156 e. The van der Waals surface area contributed by atoms with Gasteiger partial charge in [0.15, 0.2) is 5.84 Å². The van der Waals surface area contributed by atoms with Crippen LogP contribution in [0.4, 0.5) is 0 Å². The third kappa shape index (κ3) is 3.20. The first-order valence-corrected chi connectivity index (χ1v) is 6.41. The number of oxime groups is 1. The molecule has 2 heterocycles. The lowest BCUT2D eigenvalue weighted by molar-refractivity contribution is 0.188. The van der Waals surface area contributed by atoms with Gasteiger partial charge in [-0.3, -0.25) is 9.88 Å². The van der Waals surface area contributed by atoms with Crippen molar-refractivity contribution in [2.24, 2.45) is 10.9 Å². The number of hydrogen-bond donors (Lipinski definition) is 2. The van der Waals surface area contributed by atoms with E-state index in [2.05, 4.69) is 21.1 Å². The molecule has 1 unspecified atom stereocenters. The van der Waals surface area contributed by atoms with Crippen LogP contribution in [0.1, 0.15) is 24.8 Å². The van der Waals surface area contributed by atoms with Crippen molar-refractivity contribution in [3.05, 3.63) is 30.1 Å². The zero-order valence-corrected chi connectivity index (χ0v) is 10.5. The van der Waals surface area contributed by atoms with Gasteiger partial charge in [-0.1, -0.05) is 17.6 Å². The second-order valence-corrected chi connectivity index (χ2v) is 4.68. The van der Waals surface area contributed by atoms with E-state index in [1.54, 1.807) is 6.20 Å². The molecular weight excluding hydrogens is 228 g/mol. The van der Waals surface area contributed by atoms with Crippen molar-refractivity contribution in [1.82, 2.24) is 9.88 Å². The number of nitrogens with zero attached hydrogens (tertiary/aromatic N) is 3. The fraction of sp³-hybridized carbons (Fsp3) is 0.538. The van der Waals surface area contributed by atoms with Gasteiger partial charge >= 0.3 is 0 Å². The SMILES string of the molecule is NC(=NO)C1CCCCN1CCc1cccnc1. The van der Waals surface area contributed by atoms with Crippen LogP contribution in [0.5, 0.6) is 0 Å². The van der Waals surface area contributed by atoms with Crippen LogP contribution >= 0.6 is 0 Å². The summed E-state index contributed by atoms with van der Waals surface area (Å²) in [6.45, 7) is 1.94. The third-order valence-corrected chi connectivity index (χ3v) is 3.48. The van der Waals surface area contributed by atoms with E-state index in [4.69, 9.17) is 10.9 Å². The third-order valence-electron chi connectivity index (χ3n) is 3.48. The van der Waals surface area contributed by atoms with E-state index < -0.39 is 0 Å². The van der Waals surface area contributed by atoms with E-state index in [9.17, 15) is 0 Å². The van der Waals surface area contributed by atoms with Gasteiger partial charge in [-0.05, 0) is 37.4 Å². The van der Waals surface area contributed by atoms with Crippen LogP contribution in [0.15, 0.2) is 29.7 Å². The quantitative estimate of drug-likeness (QED) is 0.364. The van der Waals surface area contributed by atoms with Crippen molar-refractivity contribution in [3.8, 4) is 0 Å². The number of hydrogen-bond acceptors (Lipinski definition) is 4. The molecule has 0 aliphatic carbocycles. The standard InChI is InChI=1S/C13H20N4O/c14-13(16-18)12-5-1-2-8-17(12)9-6-11-4-3-7-15-10-11/h3-4,7,10,12,18H,1-2,5-6,8-9H2,(H2,14,16). The average Bonchev–Trinajstić information content (AvgIpc) is 2.45. The molecule has 2 rings (SSSR count). The molecule has 3 N–H and O–H groups in total. The molecule has 0 aromatic carbocycles. The Morgan fingerprint density at radius 3 is 3.17 bits per heavy atom. The fourth-order valence-corrected chi connectivity index (χ4v) is 2.48. The smallest absolute Gasteiger partial charge is 0.156 e. The Balaban J connectivity index is 1.94. The van der Waals surface area contributed by atoms with Gasteiger partial charge in [-0.25, -0.2) is 0 Å². The highest BCUT2D eigenvalue weighted by atomic mass is 16.4. The molecule has 1 saturated heterocycles. The van der Waals surface area contributed by atoms with Gasteiger partial charge in [0.05, 0.1) is 6.04 Å². The number of piperidine rings is 1. The Labute approximate surface area is 107 Å². The first kappa shape index (κ1) is 12.8. The Kier molecular flexibility index (Phi) is 4.52. The summed E-state index contributed by atoms with van der Waals surface area (Å²) in [7, 11) is 0. The highest BCUT2D eigenvalue weighted by Crippen LogP contribution is 2.17. The first-order valence-electron chi connectivity index (χ1n) is 6.41. The number of rotatable bonds is 4. The zero-order valence-electron chi connectivity index (χ0n) is 10.5. The predicted octanol–water partition coefficient (Wildman–Crippen LogP) is 1.22. The van der Waals surface area contributed by atoms with E-state index in [0.29, 0.717) is 5.84 Å². The molecule has 0 radical (unpaired) electrons. The Morgan fingerprint density at radius 2 is 2.44 bits per heavy atom. The van der Waals surface area contributed by atoms with Gasteiger partial charge < -0.3 is 10.9 Å². The normalized spacial score (nSPS) is 22.0. The van der Waals surface area contributed by atoms with E-state index in [0.717, 1.165) is 32.4 Å². The summed E-state index contributed by atoms with van der Waals surface area (Å²) in [5, 5.41) is 12.0. The molecule has 1 aliphatic heterocycles. The van der Waals surface area contributed by atoms with E-state index in [-0.39, 0.29) is 6.04 Å². The van der Waals surface area contributed by atoms with Gasteiger partial charge in [0.2, 0.25) is 0 Å². The predicted molar refractivity (Wildman–Crippen MR) is 70.6 cm³/mol. The van der Waals surface area contributed by atoms with Crippen molar-refractivity contribution < 1.29 is 5.21 Å². The summed E-state index contributed by atoms with van der Waals surface area (Å²) in [5.74, 6) is 0.334. The summed E-state index contributed by atoms with van der Waals surface area (Å²) >= 11 is 0. The molecule has 1 atom stereocenters. The van der Waals surface area contributed by atoms with Crippen LogP contribution < -0.4 is 5.73 Å². The molecule has 1 aromatic heterocycles. The fourth-order valence-electron chi connectivity index (χ4n) is 2.48. The van der Waals surface area contributed by atoms with Crippen molar-refractivity contribution >= 4 is 5.84 Å².